The molecule has 0 bridgehead atoms. The van der Waals surface area contributed by atoms with Crippen molar-refractivity contribution >= 4 is 28.5 Å². The van der Waals surface area contributed by atoms with Crippen molar-refractivity contribution in [3.63, 3.8) is 0 Å². The Bertz CT molecular complexity index is 853. The lowest BCUT2D eigenvalue weighted by molar-refractivity contribution is -0.145. The maximum Gasteiger partial charge on any atom is 0.290 e. The molecule has 7 heteroatoms. The summed E-state index contributed by atoms with van der Waals surface area (Å²) >= 11 is 0. The van der Waals surface area contributed by atoms with E-state index in [4.69, 9.17) is 0 Å². The molecule has 1 N–H and O–H groups in total. The third-order valence-electron chi connectivity index (χ3n) is 4.94. The minimum absolute atomic E-state index is 0.230. The van der Waals surface area contributed by atoms with Crippen molar-refractivity contribution in [1.29, 1.82) is 0 Å². The molecular formula is C20H24FN3O3. The summed E-state index contributed by atoms with van der Waals surface area (Å²) < 4.78 is 13.8. The van der Waals surface area contributed by atoms with Crippen LogP contribution in [0.4, 0.5) is 4.39 Å². The van der Waals surface area contributed by atoms with Crippen molar-refractivity contribution in [2.75, 3.05) is 26.2 Å². The largest absolute Gasteiger partial charge is 0.348 e. The van der Waals surface area contributed by atoms with Crippen LogP contribution in [0.3, 0.4) is 0 Å². The molecule has 0 unspecified atom stereocenters. The Hall–Kier alpha value is -2.70. The molecule has 1 aliphatic rings. The number of ketones is 1. The Kier molecular flexibility index (Phi) is 5.88. The number of carbonyl (C=O) groups is 3. The molecule has 0 spiro atoms. The van der Waals surface area contributed by atoms with Crippen molar-refractivity contribution in [3.05, 3.63) is 35.8 Å². The highest BCUT2D eigenvalue weighted by Gasteiger charge is 2.28. The van der Waals surface area contributed by atoms with Gasteiger partial charge in [0.1, 0.15) is 11.5 Å². The van der Waals surface area contributed by atoms with Gasteiger partial charge in [-0.2, -0.15) is 0 Å². The second-order valence-electron chi connectivity index (χ2n) is 6.85. The van der Waals surface area contributed by atoms with Gasteiger partial charge in [-0.25, -0.2) is 4.39 Å². The number of benzene rings is 1. The molecule has 1 aliphatic heterocycles. The summed E-state index contributed by atoms with van der Waals surface area (Å²) in [4.78, 5) is 42.8. The Morgan fingerprint density at radius 1 is 1.07 bits per heavy atom. The molecule has 1 saturated heterocycles. The van der Waals surface area contributed by atoms with Crippen LogP contribution in [0.15, 0.2) is 24.3 Å². The van der Waals surface area contributed by atoms with Gasteiger partial charge in [-0.15, -0.1) is 0 Å². The van der Waals surface area contributed by atoms with E-state index in [2.05, 4.69) is 4.98 Å². The van der Waals surface area contributed by atoms with Gasteiger partial charge in [-0.05, 0) is 18.6 Å². The Labute approximate surface area is 157 Å². The predicted octanol–water partition coefficient (Wildman–Crippen LogP) is 2.74. The standard InChI is InChI=1S/C20H24FN3O3/c1-2-3-4-8-17(25)20(27)24-11-9-23(10-12-24)19(26)16-13-14-6-5-7-15(21)18(14)22-16/h5-7,13,22H,2-4,8-12H2,1H3. The number of hydrogen-bond donors (Lipinski definition) is 1. The van der Waals surface area contributed by atoms with Gasteiger partial charge in [-0.1, -0.05) is 31.9 Å². The number of rotatable bonds is 6. The van der Waals surface area contributed by atoms with Gasteiger partial charge < -0.3 is 14.8 Å². The quantitative estimate of drug-likeness (QED) is 0.625. The van der Waals surface area contributed by atoms with Crippen LogP contribution in [-0.4, -0.2) is 58.6 Å². The van der Waals surface area contributed by atoms with E-state index in [9.17, 15) is 18.8 Å². The summed E-state index contributed by atoms with van der Waals surface area (Å²) in [6.45, 7) is 3.41. The van der Waals surface area contributed by atoms with E-state index >= 15 is 0 Å². The number of aromatic amines is 1. The number of fused-ring (bicyclic) bond motifs is 1. The Morgan fingerprint density at radius 2 is 1.78 bits per heavy atom. The zero-order valence-corrected chi connectivity index (χ0v) is 15.5. The van der Waals surface area contributed by atoms with E-state index < -0.39 is 11.7 Å². The number of halogens is 1. The Balaban J connectivity index is 1.58. The maximum absolute atomic E-state index is 13.8. The number of carbonyl (C=O) groups excluding carboxylic acids is 3. The first-order chi connectivity index (χ1) is 13.0. The smallest absolute Gasteiger partial charge is 0.290 e. The topological polar surface area (TPSA) is 73.5 Å². The van der Waals surface area contributed by atoms with Gasteiger partial charge in [-0.3, -0.25) is 14.4 Å². The van der Waals surface area contributed by atoms with E-state index in [1.807, 2.05) is 6.92 Å². The normalized spacial score (nSPS) is 14.6. The predicted molar refractivity (Wildman–Crippen MR) is 99.9 cm³/mol. The fourth-order valence-corrected chi connectivity index (χ4v) is 3.34. The number of nitrogens with zero attached hydrogens (tertiary/aromatic N) is 2. The molecule has 6 nitrogen and oxygen atoms in total. The van der Waals surface area contributed by atoms with Gasteiger partial charge in [0.05, 0.1) is 5.52 Å². The highest BCUT2D eigenvalue weighted by molar-refractivity contribution is 6.36. The number of unbranched alkanes of at least 4 members (excludes halogenated alkanes) is 2. The summed E-state index contributed by atoms with van der Waals surface area (Å²) in [6.07, 6.45) is 2.95. The summed E-state index contributed by atoms with van der Waals surface area (Å²) in [5.41, 5.74) is 0.637. The van der Waals surface area contributed by atoms with Gasteiger partial charge in [0, 0.05) is 38.0 Å². The minimum atomic E-state index is -0.453. The van der Waals surface area contributed by atoms with Crippen LogP contribution in [0.1, 0.15) is 43.1 Å². The molecular weight excluding hydrogens is 349 g/mol. The first-order valence-electron chi connectivity index (χ1n) is 9.40. The van der Waals surface area contributed by atoms with E-state index in [0.717, 1.165) is 19.3 Å². The molecule has 1 aromatic carbocycles. The maximum atomic E-state index is 13.8. The number of amides is 2. The third-order valence-corrected chi connectivity index (χ3v) is 4.94. The van der Waals surface area contributed by atoms with Crippen LogP contribution in [0.25, 0.3) is 10.9 Å². The molecule has 2 aromatic rings. The molecule has 1 fully saturated rings. The van der Waals surface area contributed by atoms with Gasteiger partial charge in [0.2, 0.25) is 5.78 Å². The fraction of sp³-hybridized carbons (Fsp3) is 0.450. The second kappa shape index (κ2) is 8.33. The first kappa shape index (κ1) is 19.1. The average Bonchev–Trinajstić information content (AvgIpc) is 3.13. The number of aromatic nitrogens is 1. The molecule has 2 amide bonds. The number of piperazine rings is 1. The summed E-state index contributed by atoms with van der Waals surface area (Å²) in [7, 11) is 0. The van der Waals surface area contributed by atoms with Crippen molar-refractivity contribution in [2.45, 2.75) is 32.6 Å². The zero-order valence-electron chi connectivity index (χ0n) is 15.5. The molecule has 0 atom stereocenters. The second-order valence-corrected chi connectivity index (χ2v) is 6.85. The van der Waals surface area contributed by atoms with E-state index in [0.29, 0.717) is 42.8 Å². The number of hydrogen-bond acceptors (Lipinski definition) is 3. The van der Waals surface area contributed by atoms with E-state index in [-0.39, 0.29) is 18.1 Å². The number of H-pyrrole nitrogens is 1. The highest BCUT2D eigenvalue weighted by Crippen LogP contribution is 2.20. The zero-order chi connectivity index (χ0) is 19.4. The molecule has 144 valence electrons. The minimum Gasteiger partial charge on any atom is -0.348 e. The van der Waals surface area contributed by atoms with Gasteiger partial charge in [0.25, 0.3) is 11.8 Å². The molecule has 0 radical (unpaired) electrons. The third kappa shape index (κ3) is 4.18. The molecule has 2 heterocycles. The molecule has 0 aliphatic carbocycles. The highest BCUT2D eigenvalue weighted by atomic mass is 19.1. The van der Waals surface area contributed by atoms with Gasteiger partial charge >= 0.3 is 0 Å². The van der Waals surface area contributed by atoms with E-state index in [1.54, 1.807) is 23.1 Å². The lowest BCUT2D eigenvalue weighted by Crippen LogP contribution is -2.52. The van der Waals surface area contributed by atoms with E-state index in [1.165, 1.54) is 11.0 Å². The monoisotopic (exact) mass is 373 g/mol. The lowest BCUT2D eigenvalue weighted by Gasteiger charge is -2.34. The van der Waals surface area contributed by atoms with Gasteiger partial charge in [0.15, 0.2) is 0 Å². The number of Topliss-reactive ketones (excluding diaryl/α,β-unsaturated/α-hetero) is 1. The SMILES string of the molecule is CCCCCC(=O)C(=O)N1CCN(C(=O)c2cc3cccc(F)c3[nH]2)CC1. The number of para-hydroxylation sites is 1. The first-order valence-corrected chi connectivity index (χ1v) is 9.40. The fourth-order valence-electron chi connectivity index (χ4n) is 3.34. The summed E-state index contributed by atoms with van der Waals surface area (Å²) in [6, 6.07) is 6.32. The van der Waals surface area contributed by atoms with Crippen LogP contribution < -0.4 is 0 Å². The average molecular weight is 373 g/mol. The summed E-state index contributed by atoms with van der Waals surface area (Å²) in [5.74, 6) is -1.43. The number of nitrogens with one attached hydrogen (secondary N) is 1. The summed E-state index contributed by atoms with van der Waals surface area (Å²) in [5, 5.41) is 0.643. The lowest BCUT2D eigenvalue weighted by atomic mass is 10.1. The van der Waals surface area contributed by atoms with Crippen LogP contribution in [0, 0.1) is 5.82 Å². The van der Waals surface area contributed by atoms with Crippen molar-refractivity contribution < 1.29 is 18.8 Å². The molecule has 0 saturated carbocycles. The van der Waals surface area contributed by atoms with Crippen molar-refractivity contribution in [3.8, 4) is 0 Å². The molecule has 1 aromatic heterocycles. The van der Waals surface area contributed by atoms with Crippen LogP contribution >= 0.6 is 0 Å². The van der Waals surface area contributed by atoms with Crippen LogP contribution in [0.2, 0.25) is 0 Å². The van der Waals surface area contributed by atoms with Crippen LogP contribution in [-0.2, 0) is 9.59 Å². The molecule has 27 heavy (non-hydrogen) atoms. The Morgan fingerprint density at radius 3 is 2.44 bits per heavy atom. The van der Waals surface area contributed by atoms with Crippen molar-refractivity contribution in [1.82, 2.24) is 14.8 Å². The van der Waals surface area contributed by atoms with Crippen molar-refractivity contribution in [2.24, 2.45) is 0 Å². The van der Waals surface area contributed by atoms with Crippen LogP contribution in [0.5, 0.6) is 0 Å². The molecule has 3 rings (SSSR count).